The van der Waals surface area contributed by atoms with Crippen molar-refractivity contribution in [3.63, 3.8) is 0 Å². The Bertz CT molecular complexity index is 1110. The van der Waals surface area contributed by atoms with Crippen LogP contribution in [-0.2, 0) is 11.3 Å². The van der Waals surface area contributed by atoms with Crippen molar-refractivity contribution in [2.75, 3.05) is 43.3 Å². The maximum atomic E-state index is 13.0. The molecule has 0 aliphatic carbocycles. The van der Waals surface area contributed by atoms with E-state index >= 15 is 0 Å². The van der Waals surface area contributed by atoms with Gasteiger partial charge in [0.05, 0.1) is 31.5 Å². The first-order valence-corrected chi connectivity index (χ1v) is 10.9. The zero-order chi connectivity index (χ0) is 24.9. The van der Waals surface area contributed by atoms with Crippen LogP contribution in [0.2, 0.25) is 5.02 Å². The summed E-state index contributed by atoms with van der Waals surface area (Å²) in [5.74, 6) is 0.557. The van der Waals surface area contributed by atoms with Gasteiger partial charge in [0.15, 0.2) is 0 Å². The van der Waals surface area contributed by atoms with Gasteiger partial charge in [-0.3, -0.25) is 19.1 Å². The minimum atomic E-state index is -0.642. The lowest BCUT2D eigenvalue weighted by Gasteiger charge is -2.27. The third-order valence-electron chi connectivity index (χ3n) is 4.75. The molecule has 0 radical (unpaired) electrons. The molecular formula is C22H32ClN5O5. The molecule has 0 atom stereocenters. The largest absolute Gasteiger partial charge is 0.495 e. The summed E-state index contributed by atoms with van der Waals surface area (Å²) in [5.41, 5.74) is 5.48. The lowest BCUT2D eigenvalue weighted by molar-refractivity contribution is -0.115. The number of halogens is 1. The number of benzene rings is 1. The fourth-order valence-electron chi connectivity index (χ4n) is 3.43. The van der Waals surface area contributed by atoms with E-state index < -0.39 is 17.2 Å². The number of methoxy groups -OCH3 is 2. The van der Waals surface area contributed by atoms with Gasteiger partial charge >= 0.3 is 5.69 Å². The third kappa shape index (κ3) is 6.44. The lowest BCUT2D eigenvalue weighted by Crippen LogP contribution is -2.43. The van der Waals surface area contributed by atoms with Gasteiger partial charge in [-0.1, -0.05) is 39.3 Å². The van der Waals surface area contributed by atoms with E-state index in [2.05, 4.69) is 10.3 Å². The van der Waals surface area contributed by atoms with Crippen LogP contribution in [-0.4, -0.2) is 42.8 Å². The smallest absolute Gasteiger partial charge is 0.330 e. The highest BCUT2D eigenvalue weighted by atomic mass is 35.5. The molecule has 11 heteroatoms. The maximum absolute atomic E-state index is 13.0. The molecule has 0 saturated carbocycles. The highest BCUT2D eigenvalue weighted by Gasteiger charge is 2.23. The predicted molar refractivity (Wildman–Crippen MR) is 131 cm³/mol. The van der Waals surface area contributed by atoms with Crippen molar-refractivity contribution in [3.8, 4) is 11.5 Å². The summed E-state index contributed by atoms with van der Waals surface area (Å²) in [7, 11) is 2.92. The predicted octanol–water partition coefficient (Wildman–Crippen LogP) is 2.55. The van der Waals surface area contributed by atoms with Gasteiger partial charge in [0.2, 0.25) is 5.91 Å². The number of hydrogen-bond acceptors (Lipinski definition) is 7. The van der Waals surface area contributed by atoms with Crippen LogP contribution in [0.5, 0.6) is 11.5 Å². The molecule has 4 N–H and O–H groups in total. The second kappa shape index (κ2) is 11.1. The van der Waals surface area contributed by atoms with Crippen LogP contribution in [0.3, 0.4) is 0 Å². The zero-order valence-corrected chi connectivity index (χ0v) is 20.6. The summed E-state index contributed by atoms with van der Waals surface area (Å²) in [6.45, 7) is 8.28. The van der Waals surface area contributed by atoms with Crippen LogP contribution in [0, 0.1) is 11.8 Å². The van der Waals surface area contributed by atoms with Gasteiger partial charge in [0, 0.05) is 25.2 Å². The lowest BCUT2D eigenvalue weighted by atomic mass is 10.2. The number of anilines is 3. The first-order valence-electron chi connectivity index (χ1n) is 10.6. The van der Waals surface area contributed by atoms with Gasteiger partial charge in [0.25, 0.3) is 5.56 Å². The van der Waals surface area contributed by atoms with E-state index in [0.717, 1.165) is 0 Å². The Morgan fingerprint density at radius 3 is 2.33 bits per heavy atom. The molecule has 182 valence electrons. The van der Waals surface area contributed by atoms with E-state index in [4.69, 9.17) is 26.8 Å². The molecule has 1 amide bonds. The number of nitrogen functional groups attached to an aromatic ring is 1. The van der Waals surface area contributed by atoms with Gasteiger partial charge < -0.3 is 25.4 Å². The van der Waals surface area contributed by atoms with E-state index in [9.17, 15) is 14.4 Å². The molecule has 33 heavy (non-hydrogen) atoms. The minimum absolute atomic E-state index is 0.0247. The SMILES string of the molecule is COc1cc(NC(=O)CN(CC(C)C)c2c(N)n(CC(C)C)c(=O)[nH]c2=O)c(OC)cc1Cl. The summed E-state index contributed by atoms with van der Waals surface area (Å²) in [5, 5.41) is 3.10. The Balaban J connectivity index is 2.43. The molecule has 2 rings (SSSR count). The Labute approximate surface area is 197 Å². The molecule has 1 heterocycles. The molecule has 0 saturated heterocycles. The number of carbonyl (C=O) groups is 1. The number of amides is 1. The molecule has 0 spiro atoms. The molecule has 2 aromatic rings. The fourth-order valence-corrected chi connectivity index (χ4v) is 3.66. The van der Waals surface area contributed by atoms with E-state index in [0.29, 0.717) is 35.3 Å². The number of nitrogens with one attached hydrogen (secondary N) is 2. The normalized spacial score (nSPS) is 11.1. The number of rotatable bonds is 10. The number of H-pyrrole nitrogens is 1. The van der Waals surface area contributed by atoms with E-state index in [1.54, 1.807) is 11.0 Å². The van der Waals surface area contributed by atoms with Gasteiger partial charge in [-0.2, -0.15) is 0 Å². The third-order valence-corrected chi connectivity index (χ3v) is 5.04. The molecule has 0 fully saturated rings. The molecule has 0 aliphatic rings. The minimum Gasteiger partial charge on any atom is -0.495 e. The summed E-state index contributed by atoms with van der Waals surface area (Å²) in [6, 6.07) is 3.09. The number of nitrogens with zero attached hydrogens (tertiary/aromatic N) is 2. The summed E-state index contributed by atoms with van der Waals surface area (Å²) in [6.07, 6.45) is 0. The van der Waals surface area contributed by atoms with Crippen molar-refractivity contribution in [3.05, 3.63) is 38.0 Å². The Morgan fingerprint density at radius 2 is 1.79 bits per heavy atom. The van der Waals surface area contributed by atoms with Crippen molar-refractivity contribution in [2.45, 2.75) is 34.2 Å². The Morgan fingerprint density at radius 1 is 1.15 bits per heavy atom. The first-order chi connectivity index (χ1) is 15.5. The number of aromatic nitrogens is 2. The molecule has 1 aromatic carbocycles. The monoisotopic (exact) mass is 481 g/mol. The number of carbonyl (C=O) groups excluding carboxylic acids is 1. The number of aromatic amines is 1. The van der Waals surface area contributed by atoms with Crippen molar-refractivity contribution in [1.82, 2.24) is 9.55 Å². The zero-order valence-electron chi connectivity index (χ0n) is 19.8. The quantitative estimate of drug-likeness (QED) is 0.475. The first kappa shape index (κ1) is 26.1. The van der Waals surface area contributed by atoms with Gasteiger partial charge in [0.1, 0.15) is 23.0 Å². The number of hydrogen-bond donors (Lipinski definition) is 3. The van der Waals surface area contributed by atoms with Crippen molar-refractivity contribution < 1.29 is 14.3 Å². The average Bonchev–Trinajstić information content (AvgIpc) is 2.71. The van der Waals surface area contributed by atoms with E-state index in [1.165, 1.54) is 24.9 Å². The molecule has 0 unspecified atom stereocenters. The molecule has 0 aliphatic heterocycles. The highest BCUT2D eigenvalue weighted by Crippen LogP contribution is 2.35. The van der Waals surface area contributed by atoms with Crippen molar-refractivity contribution in [2.24, 2.45) is 11.8 Å². The van der Waals surface area contributed by atoms with Crippen LogP contribution >= 0.6 is 11.6 Å². The van der Waals surface area contributed by atoms with Crippen molar-refractivity contribution in [1.29, 1.82) is 0 Å². The summed E-state index contributed by atoms with van der Waals surface area (Å²) in [4.78, 5) is 41.9. The van der Waals surface area contributed by atoms with Crippen LogP contribution < -0.4 is 36.7 Å². The molecule has 0 bridgehead atoms. The Kier molecular flexibility index (Phi) is 8.81. The van der Waals surface area contributed by atoms with E-state index in [-0.39, 0.29) is 29.9 Å². The molecule has 1 aromatic heterocycles. The fraction of sp³-hybridized carbons (Fsp3) is 0.500. The van der Waals surface area contributed by atoms with E-state index in [1.807, 2.05) is 27.7 Å². The summed E-state index contributed by atoms with van der Waals surface area (Å²) >= 11 is 6.13. The molecular weight excluding hydrogens is 450 g/mol. The van der Waals surface area contributed by atoms with Crippen LogP contribution in [0.4, 0.5) is 17.2 Å². The number of nitrogens with two attached hydrogens (primary N) is 1. The summed E-state index contributed by atoms with van der Waals surface area (Å²) < 4.78 is 11.8. The number of ether oxygens (including phenoxy) is 2. The highest BCUT2D eigenvalue weighted by molar-refractivity contribution is 6.32. The maximum Gasteiger partial charge on any atom is 0.330 e. The second-order valence-electron chi connectivity index (χ2n) is 8.51. The standard InChI is InChI=1S/C22H32ClN5O5/c1-12(2)9-27(19-20(24)28(10-13(3)4)22(31)26-21(19)30)11-18(29)25-15-8-16(32-5)14(23)7-17(15)33-6/h7-8,12-13H,9-11,24H2,1-6H3,(H,25,29)(H,26,30,31). The van der Waals surface area contributed by atoms with Crippen LogP contribution in [0.15, 0.2) is 21.7 Å². The van der Waals surface area contributed by atoms with Gasteiger partial charge in [-0.05, 0) is 11.8 Å². The van der Waals surface area contributed by atoms with Crippen molar-refractivity contribution >= 4 is 34.7 Å². The van der Waals surface area contributed by atoms with Crippen LogP contribution in [0.25, 0.3) is 0 Å². The average molecular weight is 482 g/mol. The molecule has 10 nitrogen and oxygen atoms in total. The van der Waals surface area contributed by atoms with Crippen LogP contribution in [0.1, 0.15) is 27.7 Å². The second-order valence-corrected chi connectivity index (χ2v) is 8.91. The van der Waals surface area contributed by atoms with Gasteiger partial charge in [-0.15, -0.1) is 0 Å². The van der Waals surface area contributed by atoms with Gasteiger partial charge in [-0.25, -0.2) is 4.79 Å². The topological polar surface area (TPSA) is 132 Å². The Hall–Kier alpha value is -3.14.